The van der Waals surface area contributed by atoms with Gasteiger partial charge in [0.05, 0.1) is 6.04 Å². The normalized spacial score (nSPS) is 27.6. The van der Waals surface area contributed by atoms with Gasteiger partial charge in [-0.05, 0) is 18.8 Å². The molecule has 5 nitrogen and oxygen atoms in total. The van der Waals surface area contributed by atoms with E-state index in [1.807, 2.05) is 0 Å². The molecular formula is C9H19N5. The number of guanidine groups is 2. The van der Waals surface area contributed by atoms with Crippen LogP contribution in [0.4, 0.5) is 0 Å². The van der Waals surface area contributed by atoms with Crippen molar-refractivity contribution in [2.24, 2.45) is 33.1 Å². The first-order valence-corrected chi connectivity index (χ1v) is 5.06. The van der Waals surface area contributed by atoms with Gasteiger partial charge >= 0.3 is 0 Å². The molecule has 80 valence electrons. The predicted molar refractivity (Wildman–Crippen MR) is 58.9 cm³/mol. The van der Waals surface area contributed by atoms with E-state index in [4.69, 9.17) is 17.2 Å². The van der Waals surface area contributed by atoms with Crippen LogP contribution < -0.4 is 17.2 Å². The third kappa shape index (κ3) is 2.90. The number of hydrogen-bond acceptors (Lipinski definition) is 1. The summed E-state index contributed by atoms with van der Waals surface area (Å²) in [5, 5.41) is 0. The molecule has 0 aromatic heterocycles. The molecule has 0 heterocycles. The van der Waals surface area contributed by atoms with Crippen molar-refractivity contribution in [2.75, 3.05) is 0 Å². The Morgan fingerprint density at radius 3 is 2.57 bits per heavy atom. The fourth-order valence-electron chi connectivity index (χ4n) is 1.99. The fourth-order valence-corrected chi connectivity index (χ4v) is 1.99. The molecule has 0 aromatic rings. The third-order valence-corrected chi connectivity index (χ3v) is 2.69. The van der Waals surface area contributed by atoms with E-state index in [1.54, 1.807) is 0 Å². The first-order chi connectivity index (χ1) is 6.63. The smallest absolute Gasteiger partial charge is 0.218 e. The van der Waals surface area contributed by atoms with Gasteiger partial charge < -0.3 is 17.2 Å². The summed E-state index contributed by atoms with van der Waals surface area (Å²) >= 11 is 0. The zero-order chi connectivity index (χ0) is 10.6. The van der Waals surface area contributed by atoms with Gasteiger partial charge in [-0.2, -0.15) is 4.99 Å². The monoisotopic (exact) mass is 197 g/mol. The van der Waals surface area contributed by atoms with Crippen LogP contribution in [-0.4, -0.2) is 18.0 Å². The van der Waals surface area contributed by atoms with Crippen LogP contribution in [0.5, 0.6) is 0 Å². The van der Waals surface area contributed by atoms with Gasteiger partial charge in [-0.3, -0.25) is 0 Å². The Bertz CT molecular complexity index is 242. The fraction of sp³-hybridized carbons (Fsp3) is 0.778. The summed E-state index contributed by atoms with van der Waals surface area (Å²) in [4.78, 5) is 8.02. The van der Waals surface area contributed by atoms with E-state index in [-0.39, 0.29) is 11.9 Å². The highest BCUT2D eigenvalue weighted by Gasteiger charge is 2.25. The largest absolute Gasteiger partial charge is 0.370 e. The van der Waals surface area contributed by atoms with E-state index in [2.05, 4.69) is 16.9 Å². The van der Waals surface area contributed by atoms with Crippen molar-refractivity contribution in [2.45, 2.75) is 38.6 Å². The van der Waals surface area contributed by atoms with E-state index in [0.29, 0.717) is 12.0 Å². The number of rotatable bonds is 2. The Morgan fingerprint density at radius 1 is 1.29 bits per heavy atom. The maximum Gasteiger partial charge on any atom is 0.218 e. The Hall–Kier alpha value is -1.26. The van der Waals surface area contributed by atoms with Gasteiger partial charge in [0.2, 0.25) is 5.96 Å². The highest BCUT2D eigenvalue weighted by Crippen LogP contribution is 2.30. The molecule has 0 spiro atoms. The zero-order valence-electron chi connectivity index (χ0n) is 8.61. The second-order valence-electron chi connectivity index (χ2n) is 3.69. The van der Waals surface area contributed by atoms with E-state index >= 15 is 0 Å². The van der Waals surface area contributed by atoms with Crippen LogP contribution in [0.3, 0.4) is 0 Å². The van der Waals surface area contributed by atoms with Crippen LogP contribution in [0.25, 0.3) is 0 Å². The molecular weight excluding hydrogens is 178 g/mol. The van der Waals surface area contributed by atoms with Crippen LogP contribution in [-0.2, 0) is 0 Å². The second-order valence-corrected chi connectivity index (χ2v) is 3.69. The van der Waals surface area contributed by atoms with Crippen molar-refractivity contribution in [1.29, 1.82) is 0 Å². The molecule has 1 saturated carbocycles. The lowest BCUT2D eigenvalue weighted by molar-refractivity contribution is 0.468. The molecule has 6 N–H and O–H groups in total. The van der Waals surface area contributed by atoms with Crippen molar-refractivity contribution in [3.8, 4) is 0 Å². The van der Waals surface area contributed by atoms with Crippen molar-refractivity contribution < 1.29 is 0 Å². The predicted octanol–water partition coefficient (Wildman–Crippen LogP) is 0.153. The first kappa shape index (κ1) is 10.8. The van der Waals surface area contributed by atoms with Crippen LogP contribution in [0.2, 0.25) is 0 Å². The third-order valence-electron chi connectivity index (χ3n) is 2.69. The number of hydrogen-bond donors (Lipinski definition) is 3. The highest BCUT2D eigenvalue weighted by molar-refractivity contribution is 5.92. The SMILES string of the molecule is CCC1CCCC1N=C(N)N=C(N)N. The van der Waals surface area contributed by atoms with Gasteiger partial charge in [-0.25, -0.2) is 4.99 Å². The summed E-state index contributed by atoms with van der Waals surface area (Å²) in [6, 6.07) is 0.308. The number of nitrogens with zero attached hydrogens (tertiary/aromatic N) is 2. The Balaban J connectivity index is 2.61. The molecule has 0 amide bonds. The van der Waals surface area contributed by atoms with E-state index < -0.39 is 0 Å². The van der Waals surface area contributed by atoms with Gasteiger partial charge in [-0.15, -0.1) is 0 Å². The summed E-state index contributed by atoms with van der Waals surface area (Å²) in [7, 11) is 0. The van der Waals surface area contributed by atoms with Gasteiger partial charge in [0.25, 0.3) is 0 Å². The van der Waals surface area contributed by atoms with E-state index in [0.717, 1.165) is 12.8 Å². The number of aliphatic imine (C=N–C) groups is 2. The maximum atomic E-state index is 5.57. The minimum atomic E-state index is -0.0303. The lowest BCUT2D eigenvalue weighted by Crippen LogP contribution is -2.27. The molecule has 0 radical (unpaired) electrons. The number of nitrogens with two attached hydrogens (primary N) is 3. The molecule has 1 rings (SSSR count). The van der Waals surface area contributed by atoms with Crippen molar-refractivity contribution in [3.05, 3.63) is 0 Å². The topological polar surface area (TPSA) is 103 Å². The molecule has 0 aliphatic heterocycles. The second kappa shape index (κ2) is 4.83. The van der Waals surface area contributed by atoms with E-state index in [9.17, 15) is 0 Å². The van der Waals surface area contributed by atoms with Crippen LogP contribution in [0.1, 0.15) is 32.6 Å². The van der Waals surface area contributed by atoms with Gasteiger partial charge in [0.15, 0.2) is 5.96 Å². The minimum Gasteiger partial charge on any atom is -0.370 e. The molecule has 2 atom stereocenters. The van der Waals surface area contributed by atoms with Crippen molar-refractivity contribution in [3.63, 3.8) is 0 Å². The molecule has 5 heteroatoms. The van der Waals surface area contributed by atoms with E-state index in [1.165, 1.54) is 12.8 Å². The van der Waals surface area contributed by atoms with Crippen molar-refractivity contribution >= 4 is 11.9 Å². The molecule has 1 aliphatic carbocycles. The zero-order valence-corrected chi connectivity index (χ0v) is 8.61. The van der Waals surface area contributed by atoms with Crippen LogP contribution in [0, 0.1) is 5.92 Å². The van der Waals surface area contributed by atoms with Crippen molar-refractivity contribution in [1.82, 2.24) is 0 Å². The molecule has 1 aliphatic rings. The van der Waals surface area contributed by atoms with Gasteiger partial charge in [0.1, 0.15) is 0 Å². The van der Waals surface area contributed by atoms with Gasteiger partial charge in [-0.1, -0.05) is 19.8 Å². The lowest BCUT2D eigenvalue weighted by Gasteiger charge is -2.12. The molecule has 0 bridgehead atoms. The summed E-state index contributed by atoms with van der Waals surface area (Å²) in [5.74, 6) is 0.815. The summed E-state index contributed by atoms with van der Waals surface area (Å²) in [6.45, 7) is 2.18. The quantitative estimate of drug-likeness (QED) is 0.433. The molecule has 0 saturated heterocycles. The standard InChI is InChI=1S/C9H19N5/c1-2-6-4-3-5-7(6)13-9(12)14-8(10)11/h6-7H,2-5H2,1H3,(H6,10,11,12,13,14). The average Bonchev–Trinajstić information content (AvgIpc) is 2.50. The average molecular weight is 197 g/mol. The molecule has 0 aromatic carbocycles. The lowest BCUT2D eigenvalue weighted by atomic mass is 10.0. The van der Waals surface area contributed by atoms with Crippen LogP contribution in [0.15, 0.2) is 9.98 Å². The minimum absolute atomic E-state index is 0.0303. The highest BCUT2D eigenvalue weighted by atomic mass is 15.1. The van der Waals surface area contributed by atoms with Crippen LogP contribution >= 0.6 is 0 Å². The maximum absolute atomic E-state index is 5.57. The summed E-state index contributed by atoms with van der Waals surface area (Å²) < 4.78 is 0. The molecule has 2 unspecified atom stereocenters. The Labute approximate surface area is 84.5 Å². The molecule has 14 heavy (non-hydrogen) atoms. The summed E-state index contributed by atoms with van der Waals surface area (Å²) in [5.41, 5.74) is 16.0. The molecule has 1 fully saturated rings. The Kier molecular flexibility index (Phi) is 3.73. The van der Waals surface area contributed by atoms with Gasteiger partial charge in [0, 0.05) is 0 Å². The summed E-state index contributed by atoms with van der Waals surface area (Å²) in [6.07, 6.45) is 4.70. The Morgan fingerprint density at radius 2 is 2.00 bits per heavy atom. The first-order valence-electron chi connectivity index (χ1n) is 5.06.